The predicted octanol–water partition coefficient (Wildman–Crippen LogP) is 5.73. The Balaban J connectivity index is 0.00000280. The SMILES string of the molecule is COc1ccc(-c2nc3n[nH]c(-c4cccs4)c3c(-c3ccc(N4CCNCC4)cc3)c2C#N)cc1.Cl. The van der Waals surface area contributed by atoms with Gasteiger partial charge in [0, 0.05) is 43.0 Å². The van der Waals surface area contributed by atoms with E-state index in [0.717, 1.165) is 64.6 Å². The van der Waals surface area contributed by atoms with Crippen LogP contribution in [-0.2, 0) is 0 Å². The first-order chi connectivity index (χ1) is 17.8. The molecule has 2 N–H and O–H groups in total. The molecule has 0 unspecified atom stereocenters. The number of rotatable bonds is 5. The van der Waals surface area contributed by atoms with Crippen LogP contribution < -0.4 is 15.0 Å². The largest absolute Gasteiger partial charge is 0.497 e. The summed E-state index contributed by atoms with van der Waals surface area (Å²) in [5, 5.41) is 24.5. The van der Waals surface area contributed by atoms with E-state index in [2.05, 4.69) is 56.8 Å². The number of pyridine rings is 1. The number of hydrogen-bond donors (Lipinski definition) is 2. The molecule has 4 heterocycles. The zero-order chi connectivity index (χ0) is 24.5. The molecule has 0 spiro atoms. The van der Waals surface area contributed by atoms with Crippen molar-refractivity contribution in [2.24, 2.45) is 0 Å². The standard InChI is InChI=1S/C28H24N6OS.ClH/c1-35-21-10-6-19(7-11-21)26-22(17-29)24(18-4-8-20(9-5-18)34-14-12-30-13-15-34)25-27(23-3-2-16-36-23)32-33-28(25)31-26;/h2-11,16,30H,12-15H2,1H3,(H,31,32,33);1H. The summed E-state index contributed by atoms with van der Waals surface area (Å²) >= 11 is 1.63. The molecule has 3 aromatic heterocycles. The average Bonchev–Trinajstić information content (AvgIpc) is 3.63. The molecule has 0 saturated carbocycles. The number of nitrogens with one attached hydrogen (secondary N) is 2. The van der Waals surface area contributed by atoms with E-state index in [0.29, 0.717) is 16.9 Å². The van der Waals surface area contributed by atoms with Crippen LogP contribution in [0.4, 0.5) is 5.69 Å². The molecule has 0 aliphatic carbocycles. The van der Waals surface area contributed by atoms with Crippen molar-refractivity contribution in [1.82, 2.24) is 20.5 Å². The molecule has 1 saturated heterocycles. The number of aromatic amines is 1. The Labute approximate surface area is 225 Å². The van der Waals surface area contributed by atoms with Crippen molar-refractivity contribution < 1.29 is 4.74 Å². The molecular formula is C28H25ClN6OS. The van der Waals surface area contributed by atoms with Gasteiger partial charge in [-0.1, -0.05) is 18.2 Å². The highest BCUT2D eigenvalue weighted by Crippen LogP contribution is 2.41. The molecule has 186 valence electrons. The molecule has 9 heteroatoms. The van der Waals surface area contributed by atoms with Crippen molar-refractivity contribution in [3.8, 4) is 44.8 Å². The maximum atomic E-state index is 10.4. The Morgan fingerprint density at radius 3 is 2.38 bits per heavy atom. The average molecular weight is 529 g/mol. The normalized spacial score (nSPS) is 13.2. The van der Waals surface area contributed by atoms with Gasteiger partial charge in [-0.15, -0.1) is 23.7 Å². The van der Waals surface area contributed by atoms with Gasteiger partial charge in [0.25, 0.3) is 0 Å². The van der Waals surface area contributed by atoms with E-state index < -0.39 is 0 Å². The van der Waals surface area contributed by atoms with E-state index in [1.54, 1.807) is 18.4 Å². The van der Waals surface area contributed by atoms with E-state index in [-0.39, 0.29) is 12.4 Å². The summed E-state index contributed by atoms with van der Waals surface area (Å²) in [6.45, 7) is 3.92. The number of fused-ring (bicyclic) bond motifs is 1. The smallest absolute Gasteiger partial charge is 0.182 e. The molecule has 1 aliphatic heterocycles. The fourth-order valence-corrected chi connectivity index (χ4v) is 5.50. The molecule has 5 aromatic rings. The van der Waals surface area contributed by atoms with Gasteiger partial charge in [-0.3, -0.25) is 5.10 Å². The van der Waals surface area contributed by atoms with Crippen molar-refractivity contribution >= 4 is 40.5 Å². The number of piperazine rings is 1. The van der Waals surface area contributed by atoms with Crippen molar-refractivity contribution in [2.45, 2.75) is 0 Å². The van der Waals surface area contributed by atoms with Gasteiger partial charge in [-0.25, -0.2) is 4.98 Å². The molecule has 6 rings (SSSR count). The number of benzene rings is 2. The summed E-state index contributed by atoms with van der Waals surface area (Å²) in [4.78, 5) is 8.30. The van der Waals surface area contributed by atoms with E-state index in [1.165, 1.54) is 5.69 Å². The van der Waals surface area contributed by atoms with E-state index in [1.807, 2.05) is 35.7 Å². The van der Waals surface area contributed by atoms with E-state index >= 15 is 0 Å². The molecule has 2 aromatic carbocycles. The third kappa shape index (κ3) is 4.53. The third-order valence-corrected chi connectivity index (χ3v) is 7.47. The second-order valence-electron chi connectivity index (χ2n) is 8.61. The van der Waals surface area contributed by atoms with E-state index in [9.17, 15) is 5.26 Å². The van der Waals surface area contributed by atoms with Gasteiger partial charge in [-0.2, -0.15) is 10.4 Å². The van der Waals surface area contributed by atoms with Crippen molar-refractivity contribution in [3.05, 3.63) is 71.6 Å². The predicted molar refractivity (Wildman–Crippen MR) is 152 cm³/mol. The monoisotopic (exact) mass is 528 g/mol. The van der Waals surface area contributed by atoms with Gasteiger partial charge in [0.2, 0.25) is 0 Å². The Kier molecular flexibility index (Phi) is 7.10. The minimum absolute atomic E-state index is 0. The lowest BCUT2D eigenvalue weighted by molar-refractivity contribution is 0.415. The molecule has 0 bridgehead atoms. The van der Waals surface area contributed by atoms with Gasteiger partial charge in [-0.05, 0) is 53.4 Å². The van der Waals surface area contributed by atoms with Gasteiger partial charge in [0.15, 0.2) is 5.65 Å². The lowest BCUT2D eigenvalue weighted by Gasteiger charge is -2.29. The minimum Gasteiger partial charge on any atom is -0.497 e. The van der Waals surface area contributed by atoms with Crippen LogP contribution >= 0.6 is 23.7 Å². The van der Waals surface area contributed by atoms with Gasteiger partial charge < -0.3 is 15.0 Å². The lowest BCUT2D eigenvalue weighted by atomic mass is 9.92. The lowest BCUT2D eigenvalue weighted by Crippen LogP contribution is -2.43. The zero-order valence-corrected chi connectivity index (χ0v) is 21.8. The number of methoxy groups -OCH3 is 1. The Morgan fingerprint density at radius 2 is 1.73 bits per heavy atom. The number of anilines is 1. The maximum Gasteiger partial charge on any atom is 0.182 e. The molecule has 7 nitrogen and oxygen atoms in total. The molecule has 1 aliphatic rings. The van der Waals surface area contributed by atoms with Gasteiger partial charge >= 0.3 is 0 Å². The second-order valence-corrected chi connectivity index (χ2v) is 9.56. The van der Waals surface area contributed by atoms with Crippen molar-refractivity contribution in [2.75, 3.05) is 38.2 Å². The highest BCUT2D eigenvalue weighted by atomic mass is 35.5. The molecule has 0 radical (unpaired) electrons. The maximum absolute atomic E-state index is 10.4. The minimum atomic E-state index is 0. The van der Waals surface area contributed by atoms with Crippen molar-refractivity contribution in [1.29, 1.82) is 5.26 Å². The summed E-state index contributed by atoms with van der Waals surface area (Å²) in [5.74, 6) is 0.752. The number of thiophene rings is 1. The fraction of sp³-hybridized carbons (Fsp3) is 0.179. The van der Waals surface area contributed by atoms with Crippen LogP contribution in [-0.4, -0.2) is 48.5 Å². The fourth-order valence-electron chi connectivity index (χ4n) is 4.77. The first kappa shape index (κ1) is 24.8. The van der Waals surface area contributed by atoms with Crippen LogP contribution in [0.3, 0.4) is 0 Å². The molecule has 1 fully saturated rings. The molecule has 0 amide bonds. The van der Waals surface area contributed by atoms with Crippen LogP contribution in [0, 0.1) is 11.3 Å². The van der Waals surface area contributed by atoms with Crippen LogP contribution in [0.25, 0.3) is 44.0 Å². The number of nitriles is 1. The highest BCUT2D eigenvalue weighted by Gasteiger charge is 2.23. The van der Waals surface area contributed by atoms with E-state index in [4.69, 9.17) is 9.72 Å². The molecular weight excluding hydrogens is 504 g/mol. The first-order valence-corrected chi connectivity index (χ1v) is 12.7. The van der Waals surface area contributed by atoms with Crippen LogP contribution in [0.1, 0.15) is 5.56 Å². The zero-order valence-electron chi connectivity index (χ0n) is 20.2. The summed E-state index contributed by atoms with van der Waals surface area (Å²) in [6, 6.07) is 22.7. The molecule has 37 heavy (non-hydrogen) atoms. The van der Waals surface area contributed by atoms with Crippen LogP contribution in [0.2, 0.25) is 0 Å². The van der Waals surface area contributed by atoms with Crippen molar-refractivity contribution in [3.63, 3.8) is 0 Å². The van der Waals surface area contributed by atoms with Gasteiger partial charge in [0.05, 0.1) is 34.3 Å². The Hall–Kier alpha value is -3.90. The van der Waals surface area contributed by atoms with Crippen LogP contribution in [0.15, 0.2) is 66.0 Å². The number of ether oxygens (including phenoxy) is 1. The Morgan fingerprint density at radius 1 is 1.00 bits per heavy atom. The first-order valence-electron chi connectivity index (χ1n) is 11.8. The summed E-state index contributed by atoms with van der Waals surface area (Å²) in [7, 11) is 1.64. The Bertz CT molecular complexity index is 1550. The summed E-state index contributed by atoms with van der Waals surface area (Å²) in [5.41, 5.74) is 6.44. The number of hydrogen-bond acceptors (Lipinski definition) is 7. The highest BCUT2D eigenvalue weighted by molar-refractivity contribution is 7.13. The molecule has 0 atom stereocenters. The summed E-state index contributed by atoms with van der Waals surface area (Å²) in [6.07, 6.45) is 0. The quantitative estimate of drug-likeness (QED) is 0.303. The second kappa shape index (κ2) is 10.6. The number of halogens is 1. The summed E-state index contributed by atoms with van der Waals surface area (Å²) < 4.78 is 5.32. The number of aromatic nitrogens is 3. The number of H-pyrrole nitrogens is 1. The topological polar surface area (TPSA) is 89.9 Å². The third-order valence-electron chi connectivity index (χ3n) is 6.58. The van der Waals surface area contributed by atoms with Gasteiger partial charge in [0.1, 0.15) is 11.8 Å². The van der Waals surface area contributed by atoms with Crippen LogP contribution in [0.5, 0.6) is 5.75 Å². The number of nitrogens with zero attached hydrogens (tertiary/aromatic N) is 4.